The third kappa shape index (κ3) is 43.9. The predicted molar refractivity (Wildman–Crippen MR) is 240 cm³/mol. The van der Waals surface area contributed by atoms with E-state index in [-0.39, 0.29) is 19.3 Å². The number of phosphoric acid groups is 2. The molecule has 0 aliphatic rings. The summed E-state index contributed by atoms with van der Waals surface area (Å²) in [6.07, 6.45) is 38.1. The number of aliphatic hydroxyl groups excluding tert-OH is 2. The SMILES string of the molecule is CC/C=C\C/C=C\C/C=C\C/C=C\C/C=C\C=C/C(O)CCC(=O)O[C@H](COC(=O)CCCCCCCCCCCCCC(C)C)COP(=O)(O)OC[C@@H](O)COP(=O)(O)O. The summed E-state index contributed by atoms with van der Waals surface area (Å²) in [5.41, 5.74) is 0. The molecule has 61 heavy (non-hydrogen) atoms. The standard InChI is InChI=1S/C45H78O14P2/c1-4-5-6-7-8-9-10-11-12-13-14-17-20-23-26-29-32-41(46)34-35-45(49)59-43(39-58-61(53,54)57-37-42(47)36-56-60(50,51)52)38-55-44(48)33-30-27-24-21-18-15-16-19-22-25-28-31-40(2)3/h5-6,8-9,11-12,14,17,23,26,29,32,40-43,46-47H,4,7,10,13,15-16,18-22,24-25,27-28,30-31,33-39H2,1-3H3,(H,53,54)(H2,50,51,52)/b6-5-,9-8-,12-11-,17-14-,26-23-,32-29-/t41?,42-,43+/m0/s1. The van der Waals surface area contributed by atoms with Crippen LogP contribution in [0.15, 0.2) is 72.9 Å². The Morgan fingerprint density at radius 1 is 0.557 bits per heavy atom. The zero-order valence-corrected chi connectivity index (χ0v) is 38.8. The number of carbonyl (C=O) groups is 2. The Bertz CT molecular complexity index is 1380. The minimum atomic E-state index is -4.89. The van der Waals surface area contributed by atoms with Crippen molar-refractivity contribution in [3.63, 3.8) is 0 Å². The summed E-state index contributed by atoms with van der Waals surface area (Å²) in [6.45, 7) is 3.66. The van der Waals surface area contributed by atoms with Crippen molar-refractivity contribution < 1.29 is 66.7 Å². The van der Waals surface area contributed by atoms with Crippen LogP contribution >= 0.6 is 15.6 Å². The van der Waals surface area contributed by atoms with E-state index in [0.717, 1.165) is 50.9 Å². The van der Waals surface area contributed by atoms with Gasteiger partial charge in [-0.2, -0.15) is 0 Å². The summed E-state index contributed by atoms with van der Waals surface area (Å²) in [5.74, 6) is -0.544. The Morgan fingerprint density at radius 2 is 1.05 bits per heavy atom. The van der Waals surface area contributed by atoms with E-state index in [1.165, 1.54) is 57.4 Å². The van der Waals surface area contributed by atoms with Crippen molar-refractivity contribution in [2.45, 2.75) is 167 Å². The molecule has 14 nitrogen and oxygen atoms in total. The van der Waals surface area contributed by atoms with Gasteiger partial charge in [-0.05, 0) is 50.9 Å². The highest BCUT2D eigenvalue weighted by Crippen LogP contribution is 2.43. The summed E-state index contributed by atoms with van der Waals surface area (Å²) >= 11 is 0. The van der Waals surface area contributed by atoms with E-state index >= 15 is 0 Å². The quantitative estimate of drug-likeness (QED) is 0.0127. The first-order valence-corrected chi connectivity index (χ1v) is 25.1. The zero-order valence-electron chi connectivity index (χ0n) is 37.0. The number of carbonyl (C=O) groups excluding carboxylic acids is 2. The first-order chi connectivity index (χ1) is 29.1. The van der Waals surface area contributed by atoms with Crippen molar-refractivity contribution in [1.29, 1.82) is 0 Å². The lowest BCUT2D eigenvalue weighted by Gasteiger charge is -2.20. The fourth-order valence-electron chi connectivity index (χ4n) is 5.52. The molecule has 0 bridgehead atoms. The molecule has 0 aliphatic heterocycles. The lowest BCUT2D eigenvalue weighted by Crippen LogP contribution is -2.30. The van der Waals surface area contributed by atoms with Crippen molar-refractivity contribution in [2.24, 2.45) is 5.92 Å². The van der Waals surface area contributed by atoms with Gasteiger partial charge in [-0.25, -0.2) is 9.13 Å². The van der Waals surface area contributed by atoms with E-state index in [1.807, 2.05) is 12.2 Å². The van der Waals surface area contributed by atoms with Gasteiger partial charge < -0.3 is 34.4 Å². The fourth-order valence-corrected chi connectivity index (χ4v) is 6.68. The number of unbranched alkanes of at least 4 members (excludes halogenated alkanes) is 10. The van der Waals surface area contributed by atoms with E-state index in [4.69, 9.17) is 23.8 Å². The smallest absolute Gasteiger partial charge is 0.462 e. The highest BCUT2D eigenvalue weighted by molar-refractivity contribution is 7.47. The molecule has 0 radical (unpaired) electrons. The first kappa shape index (κ1) is 58.5. The van der Waals surface area contributed by atoms with Gasteiger partial charge in [0.25, 0.3) is 0 Å². The second-order valence-corrected chi connectivity index (χ2v) is 18.0. The van der Waals surface area contributed by atoms with Crippen LogP contribution in [0.5, 0.6) is 0 Å². The number of hydrogen-bond donors (Lipinski definition) is 5. The van der Waals surface area contributed by atoms with E-state index in [0.29, 0.717) is 12.8 Å². The Balaban J connectivity index is 4.76. The second-order valence-electron chi connectivity index (χ2n) is 15.3. The van der Waals surface area contributed by atoms with Crippen LogP contribution in [-0.4, -0.2) is 81.6 Å². The van der Waals surface area contributed by atoms with Crippen molar-refractivity contribution in [3.8, 4) is 0 Å². The first-order valence-electron chi connectivity index (χ1n) is 22.1. The van der Waals surface area contributed by atoms with E-state index in [9.17, 15) is 33.8 Å². The molecule has 16 heteroatoms. The average molecular weight is 905 g/mol. The number of hydrogen-bond acceptors (Lipinski definition) is 11. The molecule has 0 aromatic rings. The van der Waals surface area contributed by atoms with Crippen molar-refractivity contribution in [3.05, 3.63) is 72.9 Å². The van der Waals surface area contributed by atoms with Crippen LogP contribution in [0.4, 0.5) is 0 Å². The molecule has 2 unspecified atom stereocenters. The topological polar surface area (TPSA) is 216 Å². The van der Waals surface area contributed by atoms with Crippen molar-refractivity contribution in [2.75, 3.05) is 26.4 Å². The third-order valence-electron chi connectivity index (χ3n) is 8.90. The Hall–Kier alpha value is -2.48. The number of phosphoric ester groups is 2. The molecule has 0 fully saturated rings. The molecule has 4 atom stereocenters. The Morgan fingerprint density at radius 3 is 1.59 bits per heavy atom. The molecule has 5 N–H and O–H groups in total. The van der Waals surface area contributed by atoms with Gasteiger partial charge >= 0.3 is 27.6 Å². The lowest BCUT2D eigenvalue weighted by atomic mass is 10.0. The summed E-state index contributed by atoms with van der Waals surface area (Å²) in [7, 11) is -9.77. The molecule has 0 aromatic heterocycles. The van der Waals surface area contributed by atoms with Gasteiger partial charge in [0, 0.05) is 12.8 Å². The number of allylic oxidation sites excluding steroid dienone is 11. The zero-order chi connectivity index (χ0) is 45.5. The minimum absolute atomic E-state index is 0.0159. The normalized spacial score (nSPS) is 15.3. The van der Waals surface area contributed by atoms with Crippen LogP contribution in [0, 0.1) is 5.92 Å². The van der Waals surface area contributed by atoms with Crippen LogP contribution in [-0.2, 0) is 41.8 Å². The number of aliphatic hydroxyl groups is 2. The molecule has 0 saturated heterocycles. The largest absolute Gasteiger partial charge is 0.472 e. The van der Waals surface area contributed by atoms with Crippen LogP contribution in [0.25, 0.3) is 0 Å². The van der Waals surface area contributed by atoms with E-state index in [2.05, 4.69) is 72.4 Å². The predicted octanol–water partition coefficient (Wildman–Crippen LogP) is 10.2. The van der Waals surface area contributed by atoms with Gasteiger partial charge in [-0.1, -0.05) is 164 Å². The monoisotopic (exact) mass is 904 g/mol. The maximum atomic E-state index is 12.7. The maximum Gasteiger partial charge on any atom is 0.472 e. The molecule has 0 spiro atoms. The number of ether oxygens (including phenoxy) is 2. The van der Waals surface area contributed by atoms with Gasteiger partial charge in [-0.15, -0.1) is 0 Å². The van der Waals surface area contributed by atoms with Crippen molar-refractivity contribution >= 4 is 27.6 Å². The molecular weight excluding hydrogens is 826 g/mol. The Kier molecular flexibility index (Phi) is 37.5. The molecule has 0 saturated carbocycles. The number of rotatable bonds is 40. The highest BCUT2D eigenvalue weighted by Gasteiger charge is 2.28. The summed E-state index contributed by atoms with van der Waals surface area (Å²) in [4.78, 5) is 52.7. The van der Waals surface area contributed by atoms with Crippen LogP contribution in [0.2, 0.25) is 0 Å². The molecule has 0 heterocycles. The molecule has 0 amide bonds. The maximum absolute atomic E-state index is 12.7. The van der Waals surface area contributed by atoms with Gasteiger partial charge in [0.05, 0.1) is 25.9 Å². The molecule has 352 valence electrons. The highest BCUT2D eigenvalue weighted by atomic mass is 31.2. The fraction of sp³-hybridized carbons (Fsp3) is 0.689. The minimum Gasteiger partial charge on any atom is -0.462 e. The number of esters is 2. The molecular formula is C45H78O14P2. The molecule has 0 aromatic carbocycles. The summed E-state index contributed by atoms with van der Waals surface area (Å²) < 4.78 is 47.6. The molecule has 0 rings (SSSR count). The second kappa shape index (κ2) is 39.1. The van der Waals surface area contributed by atoms with E-state index < -0.39 is 72.3 Å². The van der Waals surface area contributed by atoms with Gasteiger partial charge in [-0.3, -0.25) is 23.2 Å². The van der Waals surface area contributed by atoms with E-state index in [1.54, 1.807) is 12.2 Å². The van der Waals surface area contributed by atoms with Crippen LogP contribution in [0.1, 0.15) is 149 Å². The lowest BCUT2D eigenvalue weighted by molar-refractivity contribution is -0.161. The van der Waals surface area contributed by atoms with Crippen LogP contribution in [0.3, 0.4) is 0 Å². The summed E-state index contributed by atoms with van der Waals surface area (Å²) in [6, 6.07) is 0. The average Bonchev–Trinajstić information content (AvgIpc) is 3.20. The molecule has 0 aliphatic carbocycles. The van der Waals surface area contributed by atoms with Gasteiger partial charge in [0.2, 0.25) is 0 Å². The van der Waals surface area contributed by atoms with Gasteiger partial charge in [0.15, 0.2) is 6.10 Å². The van der Waals surface area contributed by atoms with Crippen LogP contribution < -0.4 is 0 Å². The third-order valence-corrected chi connectivity index (χ3v) is 10.3. The summed E-state index contributed by atoms with van der Waals surface area (Å²) in [5, 5.41) is 20.1. The van der Waals surface area contributed by atoms with Crippen molar-refractivity contribution in [1.82, 2.24) is 0 Å². The van der Waals surface area contributed by atoms with Gasteiger partial charge in [0.1, 0.15) is 12.7 Å². The Labute approximate surface area is 366 Å².